The van der Waals surface area contributed by atoms with Crippen molar-refractivity contribution in [3.63, 3.8) is 0 Å². The summed E-state index contributed by atoms with van der Waals surface area (Å²) in [7, 11) is 0. The SMILES string of the molecule is Nc1ccc(C(=O)N[C@@H]2COCC[C@H]2Oc2ccc(C(=O)O)cc2)cn1. The number of rotatable bonds is 5. The first-order valence-electron chi connectivity index (χ1n) is 8.13. The molecular weight excluding hydrogens is 338 g/mol. The number of carbonyl (C=O) groups is 2. The Morgan fingerprint density at radius 1 is 1.19 bits per heavy atom. The normalized spacial score (nSPS) is 19.5. The minimum atomic E-state index is -0.995. The highest BCUT2D eigenvalue weighted by molar-refractivity contribution is 5.94. The Bertz CT molecular complexity index is 776. The number of pyridine rings is 1. The van der Waals surface area contributed by atoms with E-state index < -0.39 is 5.97 Å². The third-order valence-corrected chi connectivity index (χ3v) is 4.05. The molecule has 8 heteroatoms. The van der Waals surface area contributed by atoms with Gasteiger partial charge in [-0.15, -0.1) is 0 Å². The molecule has 1 aromatic heterocycles. The first kappa shape index (κ1) is 17.7. The van der Waals surface area contributed by atoms with Crippen molar-refractivity contribution in [1.82, 2.24) is 10.3 Å². The van der Waals surface area contributed by atoms with Gasteiger partial charge >= 0.3 is 5.97 Å². The molecular formula is C18H19N3O5. The van der Waals surface area contributed by atoms with Gasteiger partial charge in [-0.05, 0) is 36.4 Å². The largest absolute Gasteiger partial charge is 0.488 e. The van der Waals surface area contributed by atoms with Gasteiger partial charge in [0.05, 0.1) is 30.4 Å². The standard InChI is InChI=1S/C18H19N3O5/c19-16-6-3-12(9-20-16)17(22)21-14-10-25-8-7-15(14)26-13-4-1-11(2-5-13)18(23)24/h1-6,9,14-15H,7-8,10H2,(H2,19,20)(H,21,22)(H,23,24)/t14-,15-/m1/s1. The molecule has 0 radical (unpaired) electrons. The van der Waals surface area contributed by atoms with Crippen LogP contribution in [0.3, 0.4) is 0 Å². The van der Waals surface area contributed by atoms with Crippen LogP contribution in [-0.2, 0) is 4.74 Å². The Balaban J connectivity index is 1.66. The number of hydrogen-bond donors (Lipinski definition) is 3. The number of benzene rings is 1. The molecule has 4 N–H and O–H groups in total. The summed E-state index contributed by atoms with van der Waals surface area (Å²) < 4.78 is 11.4. The molecule has 1 aliphatic heterocycles. The molecule has 1 amide bonds. The molecule has 2 heterocycles. The number of nitrogens with two attached hydrogens (primary N) is 1. The van der Waals surface area contributed by atoms with Crippen LogP contribution < -0.4 is 15.8 Å². The zero-order valence-electron chi connectivity index (χ0n) is 13.9. The van der Waals surface area contributed by atoms with Crippen molar-refractivity contribution < 1.29 is 24.2 Å². The maximum absolute atomic E-state index is 12.4. The number of carboxylic acid groups (broad SMARTS) is 1. The van der Waals surface area contributed by atoms with Crippen LogP contribution in [0.4, 0.5) is 5.82 Å². The number of nitrogen functional groups attached to an aromatic ring is 1. The lowest BCUT2D eigenvalue weighted by Gasteiger charge is -2.32. The molecule has 8 nitrogen and oxygen atoms in total. The summed E-state index contributed by atoms with van der Waals surface area (Å²) in [5.74, 6) is -0.406. The molecule has 26 heavy (non-hydrogen) atoms. The number of anilines is 1. The van der Waals surface area contributed by atoms with E-state index in [2.05, 4.69) is 10.3 Å². The summed E-state index contributed by atoms with van der Waals surface area (Å²) in [5.41, 5.74) is 6.11. The number of hydrogen-bond acceptors (Lipinski definition) is 6. The first-order chi connectivity index (χ1) is 12.5. The van der Waals surface area contributed by atoms with E-state index >= 15 is 0 Å². The number of nitrogens with one attached hydrogen (secondary N) is 1. The van der Waals surface area contributed by atoms with E-state index in [4.69, 9.17) is 20.3 Å². The van der Waals surface area contributed by atoms with E-state index in [9.17, 15) is 9.59 Å². The molecule has 1 aromatic carbocycles. The summed E-state index contributed by atoms with van der Waals surface area (Å²) >= 11 is 0. The second-order valence-corrected chi connectivity index (χ2v) is 5.90. The van der Waals surface area contributed by atoms with E-state index in [1.54, 1.807) is 24.3 Å². The Labute approximate surface area is 149 Å². The van der Waals surface area contributed by atoms with Crippen LogP contribution in [0.25, 0.3) is 0 Å². The number of amides is 1. The maximum atomic E-state index is 12.4. The number of nitrogens with zero attached hydrogens (tertiary/aromatic N) is 1. The average molecular weight is 357 g/mol. The Kier molecular flexibility index (Phi) is 5.33. The Morgan fingerprint density at radius 2 is 1.92 bits per heavy atom. The van der Waals surface area contributed by atoms with Gasteiger partial charge in [0.1, 0.15) is 17.7 Å². The first-order valence-corrected chi connectivity index (χ1v) is 8.13. The van der Waals surface area contributed by atoms with Crippen LogP contribution >= 0.6 is 0 Å². The summed E-state index contributed by atoms with van der Waals surface area (Å²) in [6.07, 6.45) is 1.73. The highest BCUT2D eigenvalue weighted by atomic mass is 16.5. The fourth-order valence-electron chi connectivity index (χ4n) is 2.64. The molecule has 0 spiro atoms. The number of aromatic nitrogens is 1. The second kappa shape index (κ2) is 7.83. The van der Waals surface area contributed by atoms with E-state index in [1.165, 1.54) is 18.3 Å². The molecule has 0 aliphatic carbocycles. The number of carbonyl (C=O) groups excluding carboxylic acids is 1. The molecule has 1 fully saturated rings. The zero-order chi connectivity index (χ0) is 18.5. The van der Waals surface area contributed by atoms with Crippen LogP contribution in [0.5, 0.6) is 5.75 Å². The van der Waals surface area contributed by atoms with E-state index in [1.807, 2.05) is 0 Å². The molecule has 1 saturated heterocycles. The maximum Gasteiger partial charge on any atom is 0.335 e. The molecule has 136 valence electrons. The van der Waals surface area contributed by atoms with Crippen LogP contribution in [0.1, 0.15) is 27.1 Å². The van der Waals surface area contributed by atoms with Gasteiger partial charge in [0.15, 0.2) is 0 Å². The zero-order valence-corrected chi connectivity index (χ0v) is 13.9. The predicted octanol–water partition coefficient (Wildman–Crippen LogP) is 1.33. The van der Waals surface area contributed by atoms with Crippen LogP contribution in [0.15, 0.2) is 42.6 Å². The molecule has 1 aliphatic rings. The molecule has 0 saturated carbocycles. The topological polar surface area (TPSA) is 124 Å². The average Bonchev–Trinajstić information content (AvgIpc) is 2.64. The lowest BCUT2D eigenvalue weighted by atomic mass is 10.1. The van der Waals surface area contributed by atoms with Gasteiger partial charge in [0, 0.05) is 12.6 Å². The minimum absolute atomic E-state index is 0.185. The van der Waals surface area contributed by atoms with Gasteiger partial charge in [0.25, 0.3) is 5.91 Å². The van der Waals surface area contributed by atoms with Gasteiger partial charge in [-0.1, -0.05) is 0 Å². The van der Waals surface area contributed by atoms with Crippen molar-refractivity contribution in [2.24, 2.45) is 0 Å². The minimum Gasteiger partial charge on any atom is -0.488 e. The number of carboxylic acids is 1. The van der Waals surface area contributed by atoms with Crippen molar-refractivity contribution in [3.05, 3.63) is 53.7 Å². The van der Waals surface area contributed by atoms with Gasteiger partial charge in [-0.25, -0.2) is 9.78 Å². The Hall–Kier alpha value is -3.13. The summed E-state index contributed by atoms with van der Waals surface area (Å²) in [6, 6.07) is 8.97. The van der Waals surface area contributed by atoms with Crippen molar-refractivity contribution in [1.29, 1.82) is 0 Å². The van der Waals surface area contributed by atoms with Crippen LogP contribution in [0, 0.1) is 0 Å². The summed E-state index contributed by atoms with van der Waals surface area (Å²) in [4.78, 5) is 27.2. The summed E-state index contributed by atoms with van der Waals surface area (Å²) in [5, 5.41) is 11.8. The highest BCUT2D eigenvalue weighted by Crippen LogP contribution is 2.19. The smallest absolute Gasteiger partial charge is 0.335 e. The monoisotopic (exact) mass is 357 g/mol. The van der Waals surface area contributed by atoms with Crippen molar-refractivity contribution >= 4 is 17.7 Å². The van der Waals surface area contributed by atoms with Crippen LogP contribution in [0.2, 0.25) is 0 Å². The second-order valence-electron chi connectivity index (χ2n) is 5.90. The van der Waals surface area contributed by atoms with Gasteiger partial charge < -0.3 is 25.6 Å². The molecule has 2 atom stereocenters. The van der Waals surface area contributed by atoms with Gasteiger partial charge in [0.2, 0.25) is 0 Å². The third-order valence-electron chi connectivity index (χ3n) is 4.05. The lowest BCUT2D eigenvalue weighted by Crippen LogP contribution is -2.51. The van der Waals surface area contributed by atoms with Gasteiger partial charge in [-0.2, -0.15) is 0 Å². The van der Waals surface area contributed by atoms with Crippen molar-refractivity contribution in [3.8, 4) is 5.75 Å². The van der Waals surface area contributed by atoms with E-state index in [0.717, 1.165) is 0 Å². The summed E-state index contributed by atoms with van der Waals surface area (Å²) in [6.45, 7) is 0.847. The molecule has 0 bridgehead atoms. The molecule has 0 unspecified atom stereocenters. The van der Waals surface area contributed by atoms with Crippen LogP contribution in [-0.4, -0.2) is 47.3 Å². The highest BCUT2D eigenvalue weighted by Gasteiger charge is 2.29. The fraction of sp³-hybridized carbons (Fsp3) is 0.278. The molecule has 3 rings (SSSR count). The quantitative estimate of drug-likeness (QED) is 0.737. The lowest BCUT2D eigenvalue weighted by molar-refractivity contribution is -0.00289. The Morgan fingerprint density at radius 3 is 2.58 bits per heavy atom. The number of aromatic carboxylic acids is 1. The predicted molar refractivity (Wildman–Crippen MR) is 93.2 cm³/mol. The van der Waals surface area contributed by atoms with Crippen molar-refractivity contribution in [2.45, 2.75) is 18.6 Å². The van der Waals surface area contributed by atoms with Gasteiger partial charge in [-0.3, -0.25) is 4.79 Å². The van der Waals surface area contributed by atoms with E-state index in [-0.39, 0.29) is 23.6 Å². The van der Waals surface area contributed by atoms with E-state index in [0.29, 0.717) is 36.8 Å². The van der Waals surface area contributed by atoms with Crippen molar-refractivity contribution in [2.75, 3.05) is 18.9 Å². The number of ether oxygens (including phenoxy) is 2. The third kappa shape index (κ3) is 4.28. The fourth-order valence-corrected chi connectivity index (χ4v) is 2.64. The molecule has 2 aromatic rings.